The quantitative estimate of drug-likeness (QED) is 0.850. The van der Waals surface area contributed by atoms with Crippen molar-refractivity contribution < 1.29 is 4.74 Å². The molecule has 2 N–H and O–H groups in total. The van der Waals surface area contributed by atoms with Crippen LogP contribution in [0.25, 0.3) is 0 Å². The highest BCUT2D eigenvalue weighted by atomic mass is 32.1. The molecule has 0 aliphatic carbocycles. The van der Waals surface area contributed by atoms with Gasteiger partial charge in [-0.05, 0) is 30.5 Å². The largest absolute Gasteiger partial charge is 0.493 e. The molecule has 0 saturated heterocycles. The summed E-state index contributed by atoms with van der Waals surface area (Å²) in [5, 5.41) is 1.12. The topological polar surface area (TPSA) is 48.1 Å². The van der Waals surface area contributed by atoms with E-state index in [2.05, 4.69) is 31.0 Å². The van der Waals surface area contributed by atoms with Crippen LogP contribution in [0.5, 0.6) is 5.75 Å². The summed E-state index contributed by atoms with van der Waals surface area (Å²) in [5.74, 6) is 0.940. The molecule has 0 fully saturated rings. The number of nitrogens with zero attached hydrogens (tertiary/aromatic N) is 1. The summed E-state index contributed by atoms with van der Waals surface area (Å²) in [6, 6.07) is 8.27. The van der Waals surface area contributed by atoms with E-state index in [1.807, 2.05) is 12.1 Å². The highest BCUT2D eigenvalue weighted by molar-refractivity contribution is 7.11. The van der Waals surface area contributed by atoms with E-state index in [1.54, 1.807) is 11.3 Å². The highest BCUT2D eigenvalue weighted by Crippen LogP contribution is 2.20. The van der Waals surface area contributed by atoms with Crippen molar-refractivity contribution in [2.24, 2.45) is 5.73 Å². The summed E-state index contributed by atoms with van der Waals surface area (Å²) >= 11 is 1.71. The molecule has 0 aliphatic heterocycles. The Bertz CT molecular complexity index is 530. The first-order valence-corrected chi connectivity index (χ1v) is 7.97. The van der Waals surface area contributed by atoms with Gasteiger partial charge in [0.05, 0.1) is 17.3 Å². The molecule has 1 aromatic heterocycles. The first-order valence-electron chi connectivity index (χ1n) is 7.16. The summed E-state index contributed by atoms with van der Waals surface area (Å²) in [6.45, 7) is 5.51. The molecule has 2 rings (SSSR count). The molecule has 0 saturated carbocycles. The van der Waals surface area contributed by atoms with E-state index in [1.165, 1.54) is 10.4 Å². The number of nitrogens with two attached hydrogens (primary N) is 1. The monoisotopic (exact) mass is 290 g/mol. The Morgan fingerprint density at radius 1 is 1.25 bits per heavy atom. The Hall–Kier alpha value is -1.39. The maximum atomic E-state index is 5.80. The molecule has 0 atom stereocenters. The fraction of sp³-hybridized carbons (Fsp3) is 0.438. The molecule has 0 amide bonds. The van der Waals surface area contributed by atoms with Crippen molar-refractivity contribution in [1.82, 2.24) is 4.98 Å². The minimum absolute atomic E-state index is 0.584. The number of hydrogen-bond donors (Lipinski definition) is 1. The van der Waals surface area contributed by atoms with Gasteiger partial charge in [-0.3, -0.25) is 0 Å². The first kappa shape index (κ1) is 15.0. The van der Waals surface area contributed by atoms with Crippen LogP contribution in [0.4, 0.5) is 0 Å². The van der Waals surface area contributed by atoms with Gasteiger partial charge in [0, 0.05) is 17.8 Å². The molecular weight excluding hydrogens is 268 g/mol. The van der Waals surface area contributed by atoms with Crippen LogP contribution in [-0.4, -0.2) is 11.6 Å². The second kappa shape index (κ2) is 7.41. The molecule has 3 nitrogen and oxygen atoms in total. The summed E-state index contributed by atoms with van der Waals surface area (Å²) in [7, 11) is 0. The Morgan fingerprint density at radius 2 is 2.10 bits per heavy atom. The average Bonchev–Trinajstić information content (AvgIpc) is 2.90. The normalized spacial score (nSPS) is 10.8. The van der Waals surface area contributed by atoms with E-state index in [-0.39, 0.29) is 0 Å². The Balaban J connectivity index is 1.90. The third kappa shape index (κ3) is 3.81. The minimum atomic E-state index is 0.584. The van der Waals surface area contributed by atoms with Gasteiger partial charge in [0.25, 0.3) is 0 Å². The van der Waals surface area contributed by atoms with E-state index in [9.17, 15) is 0 Å². The van der Waals surface area contributed by atoms with Crippen molar-refractivity contribution in [3.05, 3.63) is 45.4 Å². The fourth-order valence-corrected chi connectivity index (χ4v) is 3.11. The predicted molar refractivity (Wildman–Crippen MR) is 84.4 cm³/mol. The minimum Gasteiger partial charge on any atom is -0.493 e. The van der Waals surface area contributed by atoms with Crippen molar-refractivity contribution in [3.63, 3.8) is 0 Å². The van der Waals surface area contributed by atoms with E-state index in [0.717, 1.165) is 35.7 Å². The molecule has 0 aliphatic rings. The number of rotatable bonds is 7. The smallest absolute Gasteiger partial charge is 0.119 e. The number of thiazole rings is 1. The van der Waals surface area contributed by atoms with Crippen molar-refractivity contribution in [2.45, 2.75) is 39.7 Å². The number of aryl methyl sites for hydroxylation is 2. The lowest BCUT2D eigenvalue weighted by Gasteiger charge is -2.06. The van der Waals surface area contributed by atoms with Crippen LogP contribution in [0, 0.1) is 0 Å². The molecule has 0 radical (unpaired) electrons. The van der Waals surface area contributed by atoms with Crippen LogP contribution in [0.3, 0.4) is 0 Å². The lowest BCUT2D eigenvalue weighted by Crippen LogP contribution is -2.01. The lowest BCUT2D eigenvalue weighted by molar-refractivity contribution is 0.321. The Morgan fingerprint density at radius 3 is 2.75 bits per heavy atom. The molecule has 108 valence electrons. The van der Waals surface area contributed by atoms with Crippen molar-refractivity contribution in [3.8, 4) is 5.75 Å². The molecule has 20 heavy (non-hydrogen) atoms. The van der Waals surface area contributed by atoms with Crippen molar-refractivity contribution in [2.75, 3.05) is 6.61 Å². The van der Waals surface area contributed by atoms with Gasteiger partial charge in [0.1, 0.15) is 5.75 Å². The predicted octanol–water partition coefficient (Wildman–Crippen LogP) is 3.35. The van der Waals surface area contributed by atoms with Gasteiger partial charge in [-0.25, -0.2) is 4.98 Å². The average molecular weight is 290 g/mol. The van der Waals surface area contributed by atoms with E-state index >= 15 is 0 Å². The molecular formula is C16H22N2OS. The van der Waals surface area contributed by atoms with E-state index < -0.39 is 0 Å². The maximum Gasteiger partial charge on any atom is 0.119 e. The van der Waals surface area contributed by atoms with Crippen LogP contribution in [0.1, 0.15) is 35.0 Å². The highest BCUT2D eigenvalue weighted by Gasteiger charge is 2.08. The summed E-state index contributed by atoms with van der Waals surface area (Å²) < 4.78 is 5.80. The van der Waals surface area contributed by atoms with Crippen LogP contribution in [0.15, 0.2) is 24.3 Å². The van der Waals surface area contributed by atoms with Crippen LogP contribution in [-0.2, 0) is 25.8 Å². The van der Waals surface area contributed by atoms with E-state index in [4.69, 9.17) is 10.5 Å². The van der Waals surface area contributed by atoms with Gasteiger partial charge in [0.2, 0.25) is 0 Å². The second-order valence-corrected chi connectivity index (χ2v) is 5.80. The Labute approximate surface area is 124 Å². The van der Waals surface area contributed by atoms with Crippen molar-refractivity contribution >= 4 is 11.3 Å². The van der Waals surface area contributed by atoms with Crippen LogP contribution >= 0.6 is 11.3 Å². The lowest BCUT2D eigenvalue weighted by atomic mass is 10.2. The fourth-order valence-electron chi connectivity index (χ4n) is 2.09. The number of hydrogen-bond acceptors (Lipinski definition) is 4. The van der Waals surface area contributed by atoms with Gasteiger partial charge >= 0.3 is 0 Å². The SMILES string of the molecule is CCc1cccc(OCCc2nc(CC)c(CN)s2)c1. The molecule has 1 heterocycles. The van der Waals surface area contributed by atoms with Gasteiger partial charge in [-0.15, -0.1) is 11.3 Å². The Kier molecular flexibility index (Phi) is 5.56. The van der Waals surface area contributed by atoms with E-state index in [0.29, 0.717) is 13.2 Å². The molecule has 4 heteroatoms. The molecule has 0 spiro atoms. The zero-order valence-electron chi connectivity index (χ0n) is 12.2. The van der Waals surface area contributed by atoms with Crippen LogP contribution < -0.4 is 10.5 Å². The molecule has 0 bridgehead atoms. The first-order chi connectivity index (χ1) is 9.76. The van der Waals surface area contributed by atoms with Crippen molar-refractivity contribution in [1.29, 1.82) is 0 Å². The second-order valence-electron chi connectivity index (χ2n) is 4.63. The third-order valence-corrected chi connectivity index (χ3v) is 4.41. The van der Waals surface area contributed by atoms with Gasteiger partial charge in [0.15, 0.2) is 0 Å². The molecule has 2 aromatic rings. The zero-order chi connectivity index (χ0) is 14.4. The molecule has 0 unspecified atom stereocenters. The number of benzene rings is 1. The molecule has 1 aromatic carbocycles. The third-order valence-electron chi connectivity index (χ3n) is 3.23. The number of ether oxygens (including phenoxy) is 1. The zero-order valence-corrected chi connectivity index (χ0v) is 13.0. The van der Waals surface area contributed by atoms with Crippen LogP contribution in [0.2, 0.25) is 0 Å². The number of aromatic nitrogens is 1. The van der Waals surface area contributed by atoms with Gasteiger partial charge in [-0.1, -0.05) is 26.0 Å². The standard InChI is InChI=1S/C16H22N2OS/c1-3-12-6-5-7-13(10-12)19-9-8-16-18-14(4-2)15(11-17)20-16/h5-7,10H,3-4,8-9,11,17H2,1-2H3. The summed E-state index contributed by atoms with van der Waals surface area (Å²) in [6.07, 6.45) is 2.82. The maximum absolute atomic E-state index is 5.80. The summed E-state index contributed by atoms with van der Waals surface area (Å²) in [5.41, 5.74) is 8.17. The summed E-state index contributed by atoms with van der Waals surface area (Å²) in [4.78, 5) is 5.83. The van der Waals surface area contributed by atoms with Gasteiger partial charge in [-0.2, -0.15) is 0 Å². The van der Waals surface area contributed by atoms with Gasteiger partial charge < -0.3 is 10.5 Å².